The van der Waals surface area contributed by atoms with Crippen molar-refractivity contribution in [2.24, 2.45) is 5.41 Å². The number of fused-ring (bicyclic) bond motifs is 1. The monoisotopic (exact) mass is 701 g/mol. The zero-order valence-electron chi connectivity index (χ0n) is 30.6. The molecule has 2 aliphatic heterocycles. The molecule has 51 heavy (non-hydrogen) atoms. The number of para-hydroxylation sites is 2. The zero-order valence-corrected chi connectivity index (χ0v) is 30.6. The summed E-state index contributed by atoms with van der Waals surface area (Å²) in [6.45, 7) is 9.26. The van der Waals surface area contributed by atoms with Crippen molar-refractivity contribution in [3.05, 3.63) is 77.6 Å². The van der Waals surface area contributed by atoms with E-state index >= 15 is 0 Å². The van der Waals surface area contributed by atoms with Crippen LogP contribution in [-0.2, 0) is 29.0 Å². The van der Waals surface area contributed by atoms with Gasteiger partial charge in [0.05, 0.1) is 44.4 Å². The Bertz CT molecular complexity index is 1750. The van der Waals surface area contributed by atoms with Gasteiger partial charge >= 0.3 is 0 Å². The van der Waals surface area contributed by atoms with Gasteiger partial charge in [0.15, 0.2) is 11.5 Å². The number of carbonyl (C=O) groups excluding carboxylic acids is 1. The molecule has 11 heteroatoms. The van der Waals surface area contributed by atoms with Crippen LogP contribution in [0.3, 0.4) is 0 Å². The molecule has 2 saturated heterocycles. The second kappa shape index (κ2) is 16.3. The van der Waals surface area contributed by atoms with Crippen LogP contribution in [0, 0.1) is 11.2 Å². The van der Waals surface area contributed by atoms with Crippen molar-refractivity contribution in [3.8, 4) is 17.2 Å². The number of halogens is 1. The highest BCUT2D eigenvalue weighted by atomic mass is 19.1. The number of anilines is 1. The van der Waals surface area contributed by atoms with E-state index in [1.54, 1.807) is 21.3 Å². The Kier molecular flexibility index (Phi) is 11.7. The van der Waals surface area contributed by atoms with Gasteiger partial charge in [-0.05, 0) is 93.5 Å². The summed E-state index contributed by atoms with van der Waals surface area (Å²) >= 11 is 0. The van der Waals surface area contributed by atoms with Crippen LogP contribution >= 0.6 is 0 Å². The minimum absolute atomic E-state index is 0.134. The van der Waals surface area contributed by atoms with E-state index in [1.165, 1.54) is 12.1 Å². The lowest BCUT2D eigenvalue weighted by Crippen LogP contribution is -2.47. The van der Waals surface area contributed by atoms with Gasteiger partial charge in [-0.3, -0.25) is 4.79 Å². The van der Waals surface area contributed by atoms with E-state index in [9.17, 15) is 9.18 Å². The van der Waals surface area contributed by atoms with E-state index in [1.807, 2.05) is 42.2 Å². The zero-order chi connectivity index (χ0) is 36.0. The summed E-state index contributed by atoms with van der Waals surface area (Å²) in [4.78, 5) is 23.9. The molecule has 2 aliphatic rings. The van der Waals surface area contributed by atoms with Gasteiger partial charge in [0.2, 0.25) is 17.6 Å². The standard InChI is InChI=1S/C40H52FN5O5/c1-6-51-22-21-46-34-10-8-7-9-33(34)43-39(46)42-32-15-18-44(19-16-32)28(2)25-40(26-29-11-13-31(41)14-12-29)17-20-45(38(40)47)27-30-23-35(48-3)37(50-5)36(24-30)49-4/h7-14,23-24,28,32H,6,15-22,25-27H2,1-5H3,(H,42,43). The number of nitrogens with one attached hydrogen (secondary N) is 1. The Morgan fingerprint density at radius 2 is 1.67 bits per heavy atom. The Morgan fingerprint density at radius 1 is 0.961 bits per heavy atom. The lowest BCUT2D eigenvalue weighted by Gasteiger charge is -2.40. The maximum Gasteiger partial charge on any atom is 0.229 e. The number of hydrogen-bond acceptors (Lipinski definition) is 8. The number of likely N-dealkylation sites (tertiary alicyclic amines) is 2. The molecule has 0 radical (unpaired) electrons. The van der Waals surface area contributed by atoms with E-state index < -0.39 is 5.41 Å². The summed E-state index contributed by atoms with van der Waals surface area (Å²) in [5.74, 6) is 2.40. The predicted octanol–water partition coefficient (Wildman–Crippen LogP) is 6.55. The summed E-state index contributed by atoms with van der Waals surface area (Å²) in [7, 11) is 4.77. The van der Waals surface area contributed by atoms with Crippen molar-refractivity contribution in [1.82, 2.24) is 19.4 Å². The van der Waals surface area contributed by atoms with Crippen molar-refractivity contribution in [3.63, 3.8) is 0 Å². The second-order valence-corrected chi connectivity index (χ2v) is 13.9. The van der Waals surface area contributed by atoms with Crippen molar-refractivity contribution in [2.45, 2.75) is 71.1 Å². The van der Waals surface area contributed by atoms with Gasteiger partial charge in [-0.2, -0.15) is 0 Å². The van der Waals surface area contributed by atoms with Gasteiger partial charge in [-0.15, -0.1) is 0 Å². The fourth-order valence-electron chi connectivity index (χ4n) is 7.98. The van der Waals surface area contributed by atoms with Crippen molar-refractivity contribution in [2.75, 3.05) is 59.5 Å². The molecule has 1 aromatic heterocycles. The van der Waals surface area contributed by atoms with Gasteiger partial charge in [0, 0.05) is 51.4 Å². The predicted molar refractivity (Wildman–Crippen MR) is 197 cm³/mol. The number of carbonyl (C=O) groups is 1. The fraction of sp³-hybridized carbons (Fsp3) is 0.500. The average Bonchev–Trinajstić information content (AvgIpc) is 3.64. The topological polar surface area (TPSA) is 90.3 Å². The molecule has 0 spiro atoms. The number of ether oxygens (including phenoxy) is 4. The van der Waals surface area contributed by atoms with Crippen LogP contribution in [0.5, 0.6) is 17.2 Å². The Balaban J connectivity index is 1.15. The quantitative estimate of drug-likeness (QED) is 0.132. The van der Waals surface area contributed by atoms with Gasteiger partial charge in [-0.25, -0.2) is 9.37 Å². The van der Waals surface area contributed by atoms with Crippen LogP contribution in [0.1, 0.15) is 50.7 Å². The number of piperidine rings is 1. The molecular weight excluding hydrogens is 649 g/mol. The van der Waals surface area contributed by atoms with Crippen LogP contribution in [0.4, 0.5) is 10.3 Å². The SMILES string of the molecule is CCOCCn1c(NC2CCN(C(C)CC3(Cc4ccc(F)cc4)CCN(Cc4cc(OC)c(OC)c(OC)c4)C3=O)CC2)nc2ccccc21. The first-order valence-corrected chi connectivity index (χ1v) is 18.1. The molecule has 2 atom stereocenters. The maximum atomic E-state index is 14.5. The Morgan fingerprint density at radius 3 is 2.33 bits per heavy atom. The van der Waals surface area contributed by atoms with Crippen molar-refractivity contribution >= 4 is 22.9 Å². The van der Waals surface area contributed by atoms with E-state index in [4.69, 9.17) is 23.9 Å². The molecule has 2 unspecified atom stereocenters. The Labute approximate surface area is 300 Å². The lowest BCUT2D eigenvalue weighted by atomic mass is 9.75. The molecule has 1 N–H and O–H groups in total. The van der Waals surface area contributed by atoms with Crippen molar-refractivity contribution < 1.29 is 28.1 Å². The molecule has 6 rings (SSSR count). The van der Waals surface area contributed by atoms with Gasteiger partial charge < -0.3 is 38.6 Å². The first kappa shape index (κ1) is 36.4. The minimum atomic E-state index is -0.599. The van der Waals surface area contributed by atoms with Gasteiger partial charge in [0.1, 0.15) is 5.82 Å². The molecule has 10 nitrogen and oxygen atoms in total. The summed E-state index contributed by atoms with van der Waals surface area (Å²) in [5.41, 5.74) is 3.37. The van der Waals surface area contributed by atoms with Crippen LogP contribution < -0.4 is 19.5 Å². The number of benzene rings is 3. The molecule has 4 aromatic rings. The van der Waals surface area contributed by atoms with Crippen LogP contribution in [0.25, 0.3) is 11.0 Å². The largest absolute Gasteiger partial charge is 0.493 e. The smallest absolute Gasteiger partial charge is 0.229 e. The highest BCUT2D eigenvalue weighted by Gasteiger charge is 2.48. The maximum absolute atomic E-state index is 14.5. The first-order valence-electron chi connectivity index (χ1n) is 18.1. The first-order chi connectivity index (χ1) is 24.8. The normalized spacial score (nSPS) is 19.1. The van der Waals surface area contributed by atoms with E-state index in [0.717, 1.165) is 73.4 Å². The molecule has 3 aromatic carbocycles. The number of rotatable bonds is 16. The minimum Gasteiger partial charge on any atom is -0.493 e. The summed E-state index contributed by atoms with van der Waals surface area (Å²) in [6.07, 6.45) is 3.97. The summed E-state index contributed by atoms with van der Waals surface area (Å²) in [5, 5.41) is 3.76. The van der Waals surface area contributed by atoms with Crippen LogP contribution in [0.2, 0.25) is 0 Å². The summed E-state index contributed by atoms with van der Waals surface area (Å²) < 4.78 is 38.5. The molecule has 3 heterocycles. The second-order valence-electron chi connectivity index (χ2n) is 13.9. The van der Waals surface area contributed by atoms with Gasteiger partial charge in [-0.1, -0.05) is 24.3 Å². The molecule has 1 amide bonds. The Hall–Kier alpha value is -4.35. The third kappa shape index (κ3) is 8.10. The highest BCUT2D eigenvalue weighted by Crippen LogP contribution is 2.43. The average molecular weight is 702 g/mol. The number of nitrogens with zero attached hydrogens (tertiary/aromatic N) is 4. The number of methoxy groups -OCH3 is 3. The number of aromatic nitrogens is 2. The number of hydrogen-bond donors (Lipinski definition) is 1. The molecule has 274 valence electrons. The molecule has 0 aliphatic carbocycles. The van der Waals surface area contributed by atoms with Crippen molar-refractivity contribution in [1.29, 1.82) is 0 Å². The molecule has 0 saturated carbocycles. The van der Waals surface area contributed by atoms with Crippen LogP contribution in [-0.4, -0.2) is 91.5 Å². The third-order valence-corrected chi connectivity index (χ3v) is 10.6. The van der Waals surface area contributed by atoms with E-state index in [2.05, 4.69) is 39.9 Å². The number of amides is 1. The third-order valence-electron chi connectivity index (χ3n) is 10.6. The lowest BCUT2D eigenvalue weighted by molar-refractivity contribution is -0.137. The van der Waals surface area contributed by atoms with Crippen LogP contribution in [0.15, 0.2) is 60.7 Å². The van der Waals surface area contributed by atoms with E-state index in [-0.39, 0.29) is 17.8 Å². The van der Waals surface area contributed by atoms with Gasteiger partial charge in [0.25, 0.3) is 0 Å². The molecular formula is C40H52FN5O5. The molecule has 0 bridgehead atoms. The fourth-order valence-corrected chi connectivity index (χ4v) is 7.98. The highest BCUT2D eigenvalue weighted by molar-refractivity contribution is 5.85. The molecule has 2 fully saturated rings. The van der Waals surface area contributed by atoms with E-state index in [0.29, 0.717) is 56.0 Å². The number of imidazole rings is 1. The summed E-state index contributed by atoms with van der Waals surface area (Å²) in [6, 6.07) is 19.1.